The summed E-state index contributed by atoms with van der Waals surface area (Å²) in [4.78, 5) is 26.4. The van der Waals surface area contributed by atoms with E-state index in [0.29, 0.717) is 26.1 Å². The lowest BCUT2D eigenvalue weighted by Crippen LogP contribution is -2.47. The molecular weight excluding hydrogens is 342 g/mol. The number of hydrogen-bond donors (Lipinski definition) is 2. The fourth-order valence-electron chi connectivity index (χ4n) is 3.59. The molecule has 3 rings (SSSR count). The summed E-state index contributed by atoms with van der Waals surface area (Å²) in [6.07, 6.45) is 8.62. The van der Waals surface area contributed by atoms with E-state index in [9.17, 15) is 9.59 Å². The quantitative estimate of drug-likeness (QED) is 0.724. The number of ether oxygens (including phenoxy) is 1. The molecule has 1 aliphatic carbocycles. The van der Waals surface area contributed by atoms with E-state index in [1.165, 1.54) is 18.4 Å². The van der Waals surface area contributed by atoms with Gasteiger partial charge >= 0.3 is 6.03 Å². The number of benzene rings is 1. The van der Waals surface area contributed by atoms with Gasteiger partial charge in [-0.05, 0) is 56.2 Å². The SMILES string of the molecule is COc1ccc(CN(CCC2=CCCCC2)C(=O)N[C@@H]2CCNC2=O)cc1. The molecule has 1 aliphatic heterocycles. The Bertz CT molecular complexity index is 684. The number of carbonyl (C=O) groups excluding carboxylic acids is 2. The van der Waals surface area contributed by atoms with Gasteiger partial charge in [-0.25, -0.2) is 4.79 Å². The van der Waals surface area contributed by atoms with Gasteiger partial charge in [0.25, 0.3) is 0 Å². The number of rotatable bonds is 7. The minimum absolute atomic E-state index is 0.0947. The summed E-state index contributed by atoms with van der Waals surface area (Å²) in [5.74, 6) is 0.701. The lowest BCUT2D eigenvalue weighted by molar-refractivity contribution is -0.120. The van der Waals surface area contributed by atoms with Crippen molar-refractivity contribution in [2.75, 3.05) is 20.2 Å². The van der Waals surface area contributed by atoms with Crippen molar-refractivity contribution in [1.29, 1.82) is 0 Å². The van der Waals surface area contributed by atoms with Crippen molar-refractivity contribution < 1.29 is 14.3 Å². The Morgan fingerprint density at radius 3 is 2.74 bits per heavy atom. The molecule has 6 heteroatoms. The predicted octanol–water partition coefficient (Wildman–Crippen LogP) is 2.99. The second kappa shape index (κ2) is 9.44. The first-order valence-electron chi connectivity index (χ1n) is 9.79. The molecule has 6 nitrogen and oxygen atoms in total. The molecule has 146 valence electrons. The fraction of sp³-hybridized carbons (Fsp3) is 0.524. The van der Waals surface area contributed by atoms with Crippen LogP contribution >= 0.6 is 0 Å². The Hall–Kier alpha value is -2.50. The molecule has 1 saturated heterocycles. The van der Waals surface area contributed by atoms with Crippen LogP contribution in [0.1, 0.15) is 44.1 Å². The Balaban J connectivity index is 1.65. The highest BCUT2D eigenvalue weighted by atomic mass is 16.5. The summed E-state index contributed by atoms with van der Waals surface area (Å²) in [6.45, 7) is 1.78. The summed E-state index contributed by atoms with van der Waals surface area (Å²) < 4.78 is 5.20. The second-order valence-corrected chi connectivity index (χ2v) is 7.21. The van der Waals surface area contributed by atoms with E-state index in [1.54, 1.807) is 7.11 Å². The smallest absolute Gasteiger partial charge is 0.318 e. The number of nitrogens with zero attached hydrogens (tertiary/aromatic N) is 1. The van der Waals surface area contributed by atoms with Crippen molar-refractivity contribution in [3.05, 3.63) is 41.5 Å². The van der Waals surface area contributed by atoms with Crippen LogP contribution in [0.2, 0.25) is 0 Å². The lowest BCUT2D eigenvalue weighted by atomic mass is 9.97. The Morgan fingerprint density at radius 2 is 2.11 bits per heavy atom. The maximum Gasteiger partial charge on any atom is 0.318 e. The molecule has 27 heavy (non-hydrogen) atoms. The van der Waals surface area contributed by atoms with Gasteiger partial charge in [-0.3, -0.25) is 4.79 Å². The molecule has 0 spiro atoms. The van der Waals surface area contributed by atoms with Crippen LogP contribution in [-0.2, 0) is 11.3 Å². The molecule has 2 aliphatic rings. The summed E-state index contributed by atoms with van der Waals surface area (Å²) in [5, 5.41) is 5.65. The van der Waals surface area contributed by atoms with Crippen molar-refractivity contribution in [1.82, 2.24) is 15.5 Å². The van der Waals surface area contributed by atoms with Crippen molar-refractivity contribution in [2.24, 2.45) is 0 Å². The highest BCUT2D eigenvalue weighted by Gasteiger charge is 2.27. The van der Waals surface area contributed by atoms with E-state index >= 15 is 0 Å². The van der Waals surface area contributed by atoms with Gasteiger partial charge in [-0.2, -0.15) is 0 Å². The van der Waals surface area contributed by atoms with Crippen LogP contribution in [0.4, 0.5) is 4.79 Å². The molecule has 3 amide bonds. The van der Waals surface area contributed by atoms with Crippen LogP contribution in [0.15, 0.2) is 35.9 Å². The predicted molar refractivity (Wildman–Crippen MR) is 105 cm³/mol. The van der Waals surface area contributed by atoms with E-state index < -0.39 is 6.04 Å². The Morgan fingerprint density at radius 1 is 1.30 bits per heavy atom. The van der Waals surface area contributed by atoms with Crippen LogP contribution in [0, 0.1) is 0 Å². The molecular formula is C21H29N3O3. The lowest BCUT2D eigenvalue weighted by Gasteiger charge is -2.26. The Labute approximate surface area is 161 Å². The van der Waals surface area contributed by atoms with Gasteiger partial charge in [-0.15, -0.1) is 0 Å². The molecule has 2 N–H and O–H groups in total. The molecule has 0 radical (unpaired) electrons. The van der Waals surface area contributed by atoms with Gasteiger partial charge in [0.15, 0.2) is 0 Å². The first-order chi connectivity index (χ1) is 13.2. The number of urea groups is 1. The molecule has 0 unspecified atom stereocenters. The molecule has 1 fully saturated rings. The molecule has 1 aromatic rings. The normalized spacial score (nSPS) is 19.2. The highest BCUT2D eigenvalue weighted by molar-refractivity contribution is 5.88. The van der Waals surface area contributed by atoms with Crippen molar-refractivity contribution >= 4 is 11.9 Å². The number of methoxy groups -OCH3 is 1. The van der Waals surface area contributed by atoms with E-state index in [0.717, 1.165) is 30.6 Å². The number of allylic oxidation sites excluding steroid dienone is 1. The minimum atomic E-state index is -0.426. The average Bonchev–Trinajstić information content (AvgIpc) is 3.10. The zero-order valence-corrected chi connectivity index (χ0v) is 16.0. The van der Waals surface area contributed by atoms with Gasteiger partial charge in [0, 0.05) is 19.6 Å². The molecule has 1 atom stereocenters. The third-order valence-corrected chi connectivity index (χ3v) is 5.25. The molecule has 0 saturated carbocycles. The number of amides is 3. The van der Waals surface area contributed by atoms with Crippen molar-refractivity contribution in [3.63, 3.8) is 0 Å². The van der Waals surface area contributed by atoms with Gasteiger partial charge < -0.3 is 20.3 Å². The molecule has 0 aromatic heterocycles. The zero-order chi connectivity index (χ0) is 19.1. The van der Waals surface area contributed by atoms with Crippen molar-refractivity contribution in [2.45, 2.75) is 51.1 Å². The van der Waals surface area contributed by atoms with E-state index in [-0.39, 0.29) is 11.9 Å². The van der Waals surface area contributed by atoms with Gasteiger partial charge in [0.05, 0.1) is 7.11 Å². The third-order valence-electron chi connectivity index (χ3n) is 5.25. The zero-order valence-electron chi connectivity index (χ0n) is 16.0. The second-order valence-electron chi connectivity index (χ2n) is 7.21. The summed E-state index contributed by atoms with van der Waals surface area (Å²) in [6, 6.07) is 7.15. The van der Waals surface area contributed by atoms with E-state index in [2.05, 4.69) is 16.7 Å². The molecule has 1 aromatic carbocycles. The first kappa shape index (κ1) is 19.3. The number of carbonyl (C=O) groups is 2. The average molecular weight is 371 g/mol. The monoisotopic (exact) mass is 371 g/mol. The van der Waals surface area contributed by atoms with Gasteiger partial charge in [0.2, 0.25) is 5.91 Å². The standard InChI is InChI=1S/C21H29N3O3/c1-27-18-9-7-17(8-10-18)15-24(14-12-16-5-3-2-4-6-16)21(26)23-19-11-13-22-20(19)25/h5,7-10,19H,2-4,6,11-15H2,1H3,(H,22,25)(H,23,26)/t19-/m1/s1. The maximum absolute atomic E-state index is 12.8. The van der Waals surface area contributed by atoms with E-state index in [4.69, 9.17) is 4.74 Å². The third kappa shape index (κ3) is 5.49. The molecule has 1 heterocycles. The van der Waals surface area contributed by atoms with Gasteiger partial charge in [-0.1, -0.05) is 23.8 Å². The summed E-state index contributed by atoms with van der Waals surface area (Å²) in [5.41, 5.74) is 2.48. The van der Waals surface area contributed by atoms with Crippen LogP contribution in [0.5, 0.6) is 5.75 Å². The van der Waals surface area contributed by atoms with Crippen LogP contribution in [-0.4, -0.2) is 43.1 Å². The van der Waals surface area contributed by atoms with Crippen molar-refractivity contribution in [3.8, 4) is 5.75 Å². The summed E-state index contributed by atoms with van der Waals surface area (Å²) in [7, 11) is 1.64. The molecule has 0 bridgehead atoms. The largest absolute Gasteiger partial charge is 0.497 e. The number of hydrogen-bond acceptors (Lipinski definition) is 3. The Kier molecular flexibility index (Phi) is 6.74. The topological polar surface area (TPSA) is 70.7 Å². The number of nitrogens with one attached hydrogen (secondary N) is 2. The maximum atomic E-state index is 12.8. The van der Waals surface area contributed by atoms with Crippen LogP contribution in [0.25, 0.3) is 0 Å². The summed E-state index contributed by atoms with van der Waals surface area (Å²) >= 11 is 0. The fourth-order valence-corrected chi connectivity index (χ4v) is 3.59. The van der Waals surface area contributed by atoms with E-state index in [1.807, 2.05) is 29.2 Å². The highest BCUT2D eigenvalue weighted by Crippen LogP contribution is 2.21. The first-order valence-corrected chi connectivity index (χ1v) is 9.79. The van der Waals surface area contributed by atoms with Gasteiger partial charge in [0.1, 0.15) is 11.8 Å². The van der Waals surface area contributed by atoms with Crippen LogP contribution < -0.4 is 15.4 Å². The van der Waals surface area contributed by atoms with Crippen LogP contribution in [0.3, 0.4) is 0 Å². The minimum Gasteiger partial charge on any atom is -0.497 e.